The fourth-order valence-corrected chi connectivity index (χ4v) is 4.56. The lowest BCUT2D eigenvalue weighted by Gasteiger charge is -2.24. The van der Waals surface area contributed by atoms with E-state index in [1.54, 1.807) is 0 Å². The van der Waals surface area contributed by atoms with Crippen molar-refractivity contribution < 1.29 is 4.57 Å². The Labute approximate surface area is 115 Å². The zero-order valence-electron chi connectivity index (χ0n) is 11.4. The van der Waals surface area contributed by atoms with Gasteiger partial charge in [0.2, 0.25) is 7.29 Å². The molecular formula is C16H20NOP. The van der Waals surface area contributed by atoms with Gasteiger partial charge >= 0.3 is 0 Å². The molecule has 0 radical (unpaired) electrons. The summed E-state index contributed by atoms with van der Waals surface area (Å²) >= 11 is 0. The molecule has 19 heavy (non-hydrogen) atoms. The zero-order chi connectivity index (χ0) is 13.7. The summed E-state index contributed by atoms with van der Waals surface area (Å²) in [5.74, 6) is 0. The highest BCUT2D eigenvalue weighted by Crippen LogP contribution is 2.39. The Kier molecular flexibility index (Phi) is 4.57. The molecule has 2 rings (SSSR count). The Balaban J connectivity index is 2.48. The van der Waals surface area contributed by atoms with E-state index in [4.69, 9.17) is 0 Å². The van der Waals surface area contributed by atoms with Crippen LogP contribution in [0.2, 0.25) is 0 Å². The third-order valence-corrected chi connectivity index (χ3v) is 6.11. The Hall–Kier alpha value is -1.37. The first-order valence-corrected chi connectivity index (χ1v) is 8.36. The van der Waals surface area contributed by atoms with Crippen molar-refractivity contribution in [3.63, 3.8) is 0 Å². The first-order chi connectivity index (χ1) is 9.16. The van der Waals surface area contributed by atoms with Crippen LogP contribution in [0.3, 0.4) is 0 Å². The molecule has 0 fully saturated rings. The molecule has 0 bridgehead atoms. The van der Waals surface area contributed by atoms with Crippen LogP contribution in [0.25, 0.3) is 0 Å². The third-order valence-electron chi connectivity index (χ3n) is 3.25. The third kappa shape index (κ3) is 3.15. The number of nitrogens with one attached hydrogen (secondary N) is 1. The van der Waals surface area contributed by atoms with Gasteiger partial charge in [-0.3, -0.25) is 9.65 Å². The maximum atomic E-state index is 13.5. The smallest absolute Gasteiger partial charge is 0.204 e. The lowest BCUT2D eigenvalue weighted by Crippen LogP contribution is -2.33. The van der Waals surface area contributed by atoms with Crippen LogP contribution >= 0.6 is 7.29 Å². The molecular weight excluding hydrogens is 253 g/mol. The van der Waals surface area contributed by atoms with E-state index in [1.165, 1.54) is 0 Å². The van der Waals surface area contributed by atoms with Crippen molar-refractivity contribution in [1.82, 2.24) is 5.09 Å². The maximum absolute atomic E-state index is 13.5. The fraction of sp³-hybridized carbons (Fsp3) is 0.250. The van der Waals surface area contributed by atoms with Gasteiger partial charge in [0.25, 0.3) is 0 Å². The standard InChI is InChI=1S/C16H20NOP/c1-3-14(2)17-19(18,15-10-6-4-7-11-15)16-12-8-5-9-13-16/h4-14H,3H2,1-2H3,(H,17,18)/t14-/m1/s1. The van der Waals surface area contributed by atoms with Gasteiger partial charge < -0.3 is 0 Å². The van der Waals surface area contributed by atoms with Crippen molar-refractivity contribution in [3.8, 4) is 0 Å². The van der Waals surface area contributed by atoms with Crippen LogP contribution in [-0.2, 0) is 4.57 Å². The molecule has 1 N–H and O–H groups in total. The normalized spacial score (nSPS) is 13.2. The second kappa shape index (κ2) is 6.18. The van der Waals surface area contributed by atoms with E-state index < -0.39 is 7.29 Å². The largest absolute Gasteiger partial charge is 0.297 e. The van der Waals surface area contributed by atoms with Crippen LogP contribution in [0, 0.1) is 0 Å². The van der Waals surface area contributed by atoms with Crippen molar-refractivity contribution in [1.29, 1.82) is 0 Å². The van der Waals surface area contributed by atoms with Gasteiger partial charge in [-0.05, 0) is 37.6 Å². The maximum Gasteiger partial charge on any atom is 0.204 e. The topological polar surface area (TPSA) is 29.1 Å². The molecule has 2 nitrogen and oxygen atoms in total. The van der Waals surface area contributed by atoms with Crippen molar-refractivity contribution in [2.75, 3.05) is 0 Å². The molecule has 0 heterocycles. The molecule has 0 amide bonds. The Morgan fingerprint density at radius 2 is 1.37 bits per heavy atom. The number of hydrogen-bond donors (Lipinski definition) is 1. The minimum Gasteiger partial charge on any atom is -0.297 e. The van der Waals surface area contributed by atoms with Gasteiger partial charge in [-0.1, -0.05) is 43.3 Å². The number of rotatable bonds is 5. The summed E-state index contributed by atoms with van der Waals surface area (Å²) < 4.78 is 13.5. The van der Waals surface area contributed by atoms with E-state index in [-0.39, 0.29) is 6.04 Å². The summed E-state index contributed by atoms with van der Waals surface area (Å²) in [5.41, 5.74) is 0. The molecule has 0 aliphatic carbocycles. The van der Waals surface area contributed by atoms with Gasteiger partial charge in [0.15, 0.2) is 0 Å². The summed E-state index contributed by atoms with van der Waals surface area (Å²) in [6.07, 6.45) is 0.948. The predicted octanol–water partition coefficient (Wildman–Crippen LogP) is 3.30. The highest BCUT2D eigenvalue weighted by Gasteiger charge is 2.27. The fourth-order valence-electron chi connectivity index (χ4n) is 1.98. The summed E-state index contributed by atoms with van der Waals surface area (Å²) in [6, 6.07) is 19.6. The lowest BCUT2D eigenvalue weighted by molar-refractivity contribution is 0.560. The molecule has 0 aliphatic rings. The van der Waals surface area contributed by atoms with Gasteiger partial charge in [0.1, 0.15) is 0 Å². The van der Waals surface area contributed by atoms with Crippen molar-refractivity contribution in [2.24, 2.45) is 0 Å². The van der Waals surface area contributed by atoms with Gasteiger partial charge in [-0.2, -0.15) is 0 Å². The zero-order valence-corrected chi connectivity index (χ0v) is 12.3. The molecule has 1 atom stereocenters. The molecule has 0 aliphatic heterocycles. The Morgan fingerprint density at radius 3 is 1.74 bits per heavy atom. The quantitative estimate of drug-likeness (QED) is 0.847. The molecule has 0 unspecified atom stereocenters. The van der Waals surface area contributed by atoms with E-state index in [1.807, 2.05) is 60.7 Å². The minimum atomic E-state index is -2.75. The van der Waals surface area contributed by atoms with E-state index in [0.717, 1.165) is 17.0 Å². The minimum absolute atomic E-state index is 0.214. The summed E-state index contributed by atoms with van der Waals surface area (Å²) in [5, 5.41) is 5.06. The van der Waals surface area contributed by atoms with Crippen LogP contribution < -0.4 is 15.7 Å². The van der Waals surface area contributed by atoms with Crippen LogP contribution in [-0.4, -0.2) is 6.04 Å². The Morgan fingerprint density at radius 1 is 0.947 bits per heavy atom. The van der Waals surface area contributed by atoms with Gasteiger partial charge in [-0.25, -0.2) is 0 Å². The van der Waals surface area contributed by atoms with Crippen molar-refractivity contribution >= 4 is 17.9 Å². The van der Waals surface area contributed by atoms with E-state index in [9.17, 15) is 4.57 Å². The predicted molar refractivity (Wildman–Crippen MR) is 82.6 cm³/mol. The molecule has 0 spiro atoms. The van der Waals surface area contributed by atoms with Crippen molar-refractivity contribution in [3.05, 3.63) is 60.7 Å². The van der Waals surface area contributed by atoms with Gasteiger partial charge in [0.05, 0.1) is 0 Å². The Bertz CT molecular complexity index is 510. The first-order valence-electron chi connectivity index (χ1n) is 6.66. The average molecular weight is 273 g/mol. The molecule has 0 aromatic heterocycles. The monoisotopic (exact) mass is 273 g/mol. The van der Waals surface area contributed by atoms with Gasteiger partial charge in [0, 0.05) is 16.7 Å². The SMILES string of the molecule is CC[C@@H](C)NP(=O)(c1ccccc1)c1ccccc1. The van der Waals surface area contributed by atoms with E-state index in [2.05, 4.69) is 18.9 Å². The molecule has 100 valence electrons. The van der Waals surface area contributed by atoms with Crippen LogP contribution in [0.1, 0.15) is 20.3 Å². The summed E-state index contributed by atoms with van der Waals surface area (Å²) in [4.78, 5) is 0. The van der Waals surface area contributed by atoms with E-state index in [0.29, 0.717) is 0 Å². The molecule has 0 saturated carbocycles. The van der Waals surface area contributed by atoms with E-state index >= 15 is 0 Å². The molecule has 2 aromatic rings. The van der Waals surface area contributed by atoms with Crippen LogP contribution in [0.15, 0.2) is 60.7 Å². The number of benzene rings is 2. The number of hydrogen-bond acceptors (Lipinski definition) is 1. The van der Waals surface area contributed by atoms with Crippen LogP contribution in [0.4, 0.5) is 0 Å². The highest BCUT2D eigenvalue weighted by atomic mass is 31.2. The second-order valence-corrected chi connectivity index (χ2v) is 7.23. The molecule has 2 aromatic carbocycles. The van der Waals surface area contributed by atoms with Crippen LogP contribution in [0.5, 0.6) is 0 Å². The van der Waals surface area contributed by atoms with Crippen molar-refractivity contribution in [2.45, 2.75) is 26.3 Å². The second-order valence-electron chi connectivity index (χ2n) is 4.72. The molecule has 0 saturated heterocycles. The lowest BCUT2D eigenvalue weighted by atomic mass is 10.3. The first kappa shape index (κ1) is 14.0. The summed E-state index contributed by atoms with van der Waals surface area (Å²) in [6.45, 7) is 4.16. The highest BCUT2D eigenvalue weighted by molar-refractivity contribution is 7.76. The average Bonchev–Trinajstić information content (AvgIpc) is 2.48. The van der Waals surface area contributed by atoms with Gasteiger partial charge in [-0.15, -0.1) is 0 Å². The summed E-state index contributed by atoms with van der Waals surface area (Å²) in [7, 11) is -2.75. The molecule has 3 heteroatoms.